The van der Waals surface area contributed by atoms with E-state index in [-0.39, 0.29) is 17.7 Å². The summed E-state index contributed by atoms with van der Waals surface area (Å²) in [5, 5.41) is 0. The molecule has 190 valence electrons. The molecule has 2 saturated carbocycles. The summed E-state index contributed by atoms with van der Waals surface area (Å²) in [7, 11) is 1.85. The van der Waals surface area contributed by atoms with Gasteiger partial charge in [-0.25, -0.2) is 9.97 Å². The van der Waals surface area contributed by atoms with Gasteiger partial charge in [-0.3, -0.25) is 9.59 Å². The molecule has 7 rings (SSSR count). The number of hydrogen-bond donors (Lipinski definition) is 0. The first-order valence-electron chi connectivity index (χ1n) is 13.4. The van der Waals surface area contributed by atoms with Gasteiger partial charge in [-0.1, -0.05) is 0 Å². The molecular weight excluding hydrogens is 468 g/mol. The Morgan fingerprint density at radius 3 is 2.32 bits per heavy atom. The van der Waals surface area contributed by atoms with Crippen molar-refractivity contribution in [3.63, 3.8) is 0 Å². The van der Waals surface area contributed by atoms with Gasteiger partial charge in [-0.05, 0) is 80.8 Å². The van der Waals surface area contributed by atoms with E-state index in [2.05, 4.69) is 4.98 Å². The summed E-state index contributed by atoms with van der Waals surface area (Å²) in [6, 6.07) is 11.1. The molecule has 0 bridgehead atoms. The van der Waals surface area contributed by atoms with Crippen molar-refractivity contribution in [2.45, 2.75) is 50.4 Å². The molecule has 4 aromatic rings. The van der Waals surface area contributed by atoms with Crippen LogP contribution in [-0.4, -0.2) is 58.3 Å². The zero-order valence-corrected chi connectivity index (χ0v) is 21.0. The topological polar surface area (TPSA) is 92.7 Å². The molecule has 2 unspecified atom stereocenters. The predicted molar refractivity (Wildman–Crippen MR) is 138 cm³/mol. The van der Waals surface area contributed by atoms with Gasteiger partial charge in [0.15, 0.2) is 22.9 Å². The Bertz CT molecular complexity index is 1510. The molecule has 0 spiro atoms. The molecule has 2 aromatic heterocycles. The van der Waals surface area contributed by atoms with Crippen LogP contribution in [0.5, 0.6) is 0 Å². The fourth-order valence-electron chi connectivity index (χ4n) is 5.47. The predicted octanol–water partition coefficient (Wildman–Crippen LogP) is 5.35. The summed E-state index contributed by atoms with van der Waals surface area (Å²) in [4.78, 5) is 38.7. The van der Waals surface area contributed by atoms with E-state index in [0.29, 0.717) is 40.7 Å². The van der Waals surface area contributed by atoms with Crippen molar-refractivity contribution in [3.8, 4) is 0 Å². The SMILES string of the molecule is CN(CCC1CC1c1nc2ccc(C(=O)N3CCCC3)cc2o1)C(=O)c1ccc2nc(C3CC3)oc2c1. The molecule has 2 amide bonds. The quantitative estimate of drug-likeness (QED) is 0.341. The highest BCUT2D eigenvalue weighted by atomic mass is 16.4. The zero-order chi connectivity index (χ0) is 25.1. The molecule has 0 radical (unpaired) electrons. The lowest BCUT2D eigenvalue weighted by atomic mass is 10.1. The third kappa shape index (κ3) is 4.28. The highest BCUT2D eigenvalue weighted by Gasteiger charge is 2.42. The van der Waals surface area contributed by atoms with Gasteiger partial charge in [0, 0.05) is 49.6 Å². The van der Waals surface area contributed by atoms with E-state index in [4.69, 9.17) is 13.8 Å². The minimum absolute atomic E-state index is 0.0134. The molecule has 2 aliphatic carbocycles. The Morgan fingerprint density at radius 1 is 0.946 bits per heavy atom. The number of hydrogen-bond acceptors (Lipinski definition) is 6. The minimum Gasteiger partial charge on any atom is -0.440 e. The second-order valence-electron chi connectivity index (χ2n) is 10.9. The van der Waals surface area contributed by atoms with Crippen LogP contribution in [0.3, 0.4) is 0 Å². The summed E-state index contributed by atoms with van der Waals surface area (Å²) >= 11 is 0. The van der Waals surface area contributed by atoms with E-state index in [0.717, 1.165) is 74.4 Å². The van der Waals surface area contributed by atoms with Gasteiger partial charge < -0.3 is 18.6 Å². The molecule has 3 fully saturated rings. The van der Waals surface area contributed by atoms with Crippen molar-refractivity contribution < 1.29 is 18.4 Å². The first-order chi connectivity index (χ1) is 18.0. The van der Waals surface area contributed by atoms with Gasteiger partial charge in [0.25, 0.3) is 11.8 Å². The van der Waals surface area contributed by atoms with Crippen molar-refractivity contribution in [2.24, 2.45) is 5.92 Å². The van der Waals surface area contributed by atoms with E-state index in [9.17, 15) is 9.59 Å². The normalized spacial score (nSPS) is 21.2. The first kappa shape index (κ1) is 22.5. The van der Waals surface area contributed by atoms with Crippen molar-refractivity contribution in [1.82, 2.24) is 19.8 Å². The molecule has 1 aliphatic heterocycles. The molecular formula is C29H30N4O4. The Kier molecular flexibility index (Phi) is 5.30. The maximum absolute atomic E-state index is 13.0. The van der Waals surface area contributed by atoms with E-state index >= 15 is 0 Å². The minimum atomic E-state index is -0.0134. The number of fused-ring (bicyclic) bond motifs is 2. The number of oxazole rings is 2. The maximum Gasteiger partial charge on any atom is 0.253 e. The van der Waals surface area contributed by atoms with E-state index in [1.165, 1.54) is 0 Å². The lowest BCUT2D eigenvalue weighted by Crippen LogP contribution is -2.28. The van der Waals surface area contributed by atoms with Crippen molar-refractivity contribution in [3.05, 3.63) is 59.3 Å². The monoisotopic (exact) mass is 498 g/mol. The van der Waals surface area contributed by atoms with Crippen LogP contribution >= 0.6 is 0 Å². The third-order valence-electron chi connectivity index (χ3n) is 8.05. The Balaban J connectivity index is 0.971. The molecule has 0 N–H and O–H groups in total. The van der Waals surface area contributed by atoms with Crippen LogP contribution in [0.15, 0.2) is 45.2 Å². The van der Waals surface area contributed by atoms with Crippen LogP contribution in [0.4, 0.5) is 0 Å². The summed E-state index contributed by atoms with van der Waals surface area (Å²) in [5.74, 6) is 2.73. The maximum atomic E-state index is 13.0. The van der Waals surface area contributed by atoms with E-state index in [1.54, 1.807) is 4.90 Å². The van der Waals surface area contributed by atoms with Crippen LogP contribution in [0.1, 0.15) is 82.9 Å². The molecule has 1 saturated heterocycles. The average Bonchev–Trinajstić information content (AvgIpc) is 3.74. The molecule has 3 aliphatic rings. The number of nitrogens with zero attached hydrogens (tertiary/aromatic N) is 4. The van der Waals surface area contributed by atoms with Gasteiger partial charge in [0.2, 0.25) is 0 Å². The summed E-state index contributed by atoms with van der Waals surface area (Å²) in [5.41, 5.74) is 4.25. The molecule has 8 heteroatoms. The molecule has 3 heterocycles. The van der Waals surface area contributed by atoms with Gasteiger partial charge >= 0.3 is 0 Å². The molecule has 2 aromatic carbocycles. The van der Waals surface area contributed by atoms with Gasteiger partial charge in [-0.2, -0.15) is 0 Å². The largest absolute Gasteiger partial charge is 0.440 e. The van der Waals surface area contributed by atoms with Crippen LogP contribution in [0, 0.1) is 5.92 Å². The van der Waals surface area contributed by atoms with Crippen LogP contribution in [0.2, 0.25) is 0 Å². The lowest BCUT2D eigenvalue weighted by Gasteiger charge is -2.17. The fourth-order valence-corrected chi connectivity index (χ4v) is 5.47. The van der Waals surface area contributed by atoms with Gasteiger partial charge in [0.1, 0.15) is 11.0 Å². The smallest absolute Gasteiger partial charge is 0.253 e. The summed E-state index contributed by atoms with van der Waals surface area (Å²) < 4.78 is 12.0. The Labute approximate surface area is 214 Å². The fraction of sp³-hybridized carbons (Fsp3) is 0.448. The lowest BCUT2D eigenvalue weighted by molar-refractivity contribution is 0.0784. The summed E-state index contributed by atoms with van der Waals surface area (Å²) in [6.07, 6.45) is 6.30. The molecule has 8 nitrogen and oxygen atoms in total. The second-order valence-corrected chi connectivity index (χ2v) is 10.9. The van der Waals surface area contributed by atoms with Gasteiger partial charge in [-0.15, -0.1) is 0 Å². The molecule has 2 atom stereocenters. The van der Waals surface area contributed by atoms with Crippen molar-refractivity contribution in [2.75, 3.05) is 26.7 Å². The van der Waals surface area contributed by atoms with E-state index < -0.39 is 0 Å². The number of carbonyl (C=O) groups is 2. The number of aromatic nitrogens is 2. The highest BCUT2D eigenvalue weighted by molar-refractivity contribution is 5.97. The third-order valence-corrected chi connectivity index (χ3v) is 8.05. The van der Waals surface area contributed by atoms with Crippen molar-refractivity contribution >= 4 is 34.0 Å². The van der Waals surface area contributed by atoms with Crippen molar-refractivity contribution in [1.29, 1.82) is 0 Å². The van der Waals surface area contributed by atoms with Gasteiger partial charge in [0.05, 0.1) is 0 Å². The summed E-state index contributed by atoms with van der Waals surface area (Å²) in [6.45, 7) is 2.32. The van der Waals surface area contributed by atoms with E-state index in [1.807, 2.05) is 48.3 Å². The Morgan fingerprint density at radius 2 is 1.59 bits per heavy atom. The number of benzene rings is 2. The van der Waals surface area contributed by atoms with Crippen LogP contribution in [0.25, 0.3) is 22.2 Å². The number of rotatable bonds is 7. The molecule has 37 heavy (non-hydrogen) atoms. The first-order valence-corrected chi connectivity index (χ1v) is 13.4. The van der Waals surface area contributed by atoms with Crippen LogP contribution in [-0.2, 0) is 0 Å². The number of likely N-dealkylation sites (tertiary alicyclic amines) is 1. The zero-order valence-electron chi connectivity index (χ0n) is 21.0. The average molecular weight is 499 g/mol. The number of carbonyl (C=O) groups excluding carboxylic acids is 2. The number of amides is 2. The Hall–Kier alpha value is -3.68. The standard InChI is InChI=1S/C29H30N4O4/c1-32(28(34)19-6-8-22-24(15-19)36-26(30-22)17-4-5-17)13-10-18-14-21(18)27-31-23-9-7-20(16-25(23)37-27)29(35)33-11-2-3-12-33/h6-9,15-18,21H,2-5,10-14H2,1H3. The highest BCUT2D eigenvalue weighted by Crippen LogP contribution is 2.49. The second kappa shape index (κ2) is 8.71. The van der Waals surface area contributed by atoms with Crippen LogP contribution < -0.4 is 0 Å².